The van der Waals surface area contributed by atoms with Gasteiger partial charge in [0, 0.05) is 28.7 Å². The van der Waals surface area contributed by atoms with Crippen LogP contribution in [0.25, 0.3) is 0 Å². The third-order valence-electron chi connectivity index (χ3n) is 4.05. The molecule has 2 aromatic carbocycles. The first-order valence-corrected chi connectivity index (χ1v) is 10.2. The average Bonchev–Trinajstić information content (AvgIpc) is 2.97. The molecule has 0 bridgehead atoms. The summed E-state index contributed by atoms with van der Waals surface area (Å²) >= 11 is 12.0. The highest BCUT2D eigenvalue weighted by Crippen LogP contribution is 2.30. The highest BCUT2D eigenvalue weighted by molar-refractivity contribution is 7.92. The van der Waals surface area contributed by atoms with Crippen LogP contribution in [0.3, 0.4) is 0 Å². The van der Waals surface area contributed by atoms with E-state index in [1.54, 1.807) is 36.4 Å². The second-order valence-corrected chi connectivity index (χ2v) is 8.60. The lowest BCUT2D eigenvalue weighted by atomic mass is 10.1. The smallest absolute Gasteiger partial charge is 0.251 e. The molecule has 1 aliphatic heterocycles. The van der Waals surface area contributed by atoms with Crippen molar-refractivity contribution >= 4 is 44.8 Å². The Hall–Kier alpha value is -1.76. The Morgan fingerprint density at radius 2 is 1.96 bits per heavy atom. The number of hydrogen-bond acceptors (Lipinski definition) is 3. The molecule has 25 heavy (non-hydrogen) atoms. The average molecular weight is 399 g/mol. The maximum Gasteiger partial charge on any atom is 0.251 e. The van der Waals surface area contributed by atoms with E-state index in [9.17, 15) is 13.2 Å². The SMILES string of the molecule is CS(=O)(=O)N1CCc2cc(C(=O)NCc3ccc(Cl)cc3Cl)ccc21. The van der Waals surface area contributed by atoms with Gasteiger partial charge < -0.3 is 5.32 Å². The number of benzene rings is 2. The lowest BCUT2D eigenvalue weighted by molar-refractivity contribution is 0.0951. The molecule has 0 unspecified atom stereocenters. The Labute approximate surface area is 156 Å². The van der Waals surface area contributed by atoms with Crippen molar-refractivity contribution in [2.24, 2.45) is 0 Å². The maximum absolute atomic E-state index is 12.4. The quantitative estimate of drug-likeness (QED) is 0.859. The molecule has 0 saturated carbocycles. The van der Waals surface area contributed by atoms with Crippen molar-refractivity contribution in [3.05, 3.63) is 63.1 Å². The lowest BCUT2D eigenvalue weighted by Crippen LogP contribution is -2.27. The number of amides is 1. The van der Waals surface area contributed by atoms with Gasteiger partial charge in [-0.15, -0.1) is 0 Å². The van der Waals surface area contributed by atoms with Crippen LogP contribution in [-0.2, 0) is 23.0 Å². The number of hydrogen-bond donors (Lipinski definition) is 1. The van der Waals surface area contributed by atoms with Crippen molar-refractivity contribution in [1.82, 2.24) is 5.32 Å². The molecule has 1 heterocycles. The Morgan fingerprint density at radius 1 is 1.20 bits per heavy atom. The molecular weight excluding hydrogens is 383 g/mol. The van der Waals surface area contributed by atoms with Gasteiger partial charge in [0.1, 0.15) is 0 Å². The minimum atomic E-state index is -3.30. The first kappa shape index (κ1) is 18.0. The number of rotatable bonds is 4. The molecular formula is C17H16Cl2N2O3S. The molecule has 132 valence electrons. The second kappa shape index (κ2) is 6.86. The van der Waals surface area contributed by atoms with Crippen LogP contribution in [0.2, 0.25) is 10.0 Å². The zero-order valence-corrected chi connectivity index (χ0v) is 15.7. The van der Waals surface area contributed by atoms with E-state index < -0.39 is 10.0 Å². The highest BCUT2D eigenvalue weighted by Gasteiger charge is 2.26. The van der Waals surface area contributed by atoms with Crippen LogP contribution >= 0.6 is 23.2 Å². The zero-order chi connectivity index (χ0) is 18.2. The Kier molecular flexibility index (Phi) is 4.95. The van der Waals surface area contributed by atoms with Crippen molar-refractivity contribution in [1.29, 1.82) is 0 Å². The van der Waals surface area contributed by atoms with Gasteiger partial charge in [-0.25, -0.2) is 8.42 Å². The van der Waals surface area contributed by atoms with Gasteiger partial charge in [-0.3, -0.25) is 9.10 Å². The highest BCUT2D eigenvalue weighted by atomic mass is 35.5. The molecule has 0 aromatic heterocycles. The van der Waals surface area contributed by atoms with Gasteiger partial charge in [-0.1, -0.05) is 29.3 Å². The molecule has 0 saturated heterocycles. The Balaban J connectivity index is 1.74. The minimum Gasteiger partial charge on any atom is -0.348 e. The molecule has 1 N–H and O–H groups in total. The van der Waals surface area contributed by atoms with E-state index in [1.165, 1.54) is 10.6 Å². The van der Waals surface area contributed by atoms with Gasteiger partial charge in [0.2, 0.25) is 10.0 Å². The van der Waals surface area contributed by atoms with E-state index in [4.69, 9.17) is 23.2 Å². The third kappa shape index (κ3) is 3.92. The van der Waals surface area contributed by atoms with Gasteiger partial charge in [-0.2, -0.15) is 0 Å². The van der Waals surface area contributed by atoms with Crippen molar-refractivity contribution in [3.63, 3.8) is 0 Å². The summed E-state index contributed by atoms with van der Waals surface area (Å²) in [6.07, 6.45) is 1.77. The summed E-state index contributed by atoms with van der Waals surface area (Å²) in [6, 6.07) is 10.1. The Bertz CT molecular complexity index is 945. The van der Waals surface area contributed by atoms with E-state index >= 15 is 0 Å². The number of nitrogens with zero attached hydrogens (tertiary/aromatic N) is 1. The fourth-order valence-corrected chi connectivity index (χ4v) is 4.23. The summed E-state index contributed by atoms with van der Waals surface area (Å²) in [6.45, 7) is 0.682. The van der Waals surface area contributed by atoms with Crippen LogP contribution < -0.4 is 9.62 Å². The number of nitrogens with one attached hydrogen (secondary N) is 1. The number of fused-ring (bicyclic) bond motifs is 1. The molecule has 0 spiro atoms. The topological polar surface area (TPSA) is 66.5 Å². The number of anilines is 1. The summed E-state index contributed by atoms with van der Waals surface area (Å²) in [4.78, 5) is 12.4. The molecule has 0 fully saturated rings. The van der Waals surface area contributed by atoms with Crippen LogP contribution in [-0.4, -0.2) is 27.1 Å². The van der Waals surface area contributed by atoms with E-state index in [0.29, 0.717) is 34.3 Å². The fourth-order valence-electron chi connectivity index (χ4n) is 2.80. The standard InChI is InChI=1S/C17H16Cl2N2O3S/c1-25(23,24)21-7-6-11-8-12(3-5-16(11)21)17(22)20-10-13-2-4-14(18)9-15(13)19/h2-5,8-9H,6-7,10H2,1H3,(H,20,22). The zero-order valence-electron chi connectivity index (χ0n) is 13.4. The van der Waals surface area contributed by atoms with Crippen molar-refractivity contribution in [2.75, 3.05) is 17.1 Å². The van der Waals surface area contributed by atoms with Crippen LogP contribution in [0.4, 0.5) is 5.69 Å². The fraction of sp³-hybridized carbons (Fsp3) is 0.235. The normalized spacial score (nSPS) is 13.6. The number of carbonyl (C=O) groups excluding carboxylic acids is 1. The molecule has 5 nitrogen and oxygen atoms in total. The molecule has 0 atom stereocenters. The molecule has 0 radical (unpaired) electrons. The van der Waals surface area contributed by atoms with E-state index in [2.05, 4.69) is 5.32 Å². The number of carbonyl (C=O) groups is 1. The van der Waals surface area contributed by atoms with Crippen molar-refractivity contribution in [2.45, 2.75) is 13.0 Å². The Morgan fingerprint density at radius 3 is 2.64 bits per heavy atom. The molecule has 0 aliphatic carbocycles. The molecule has 2 aromatic rings. The summed E-state index contributed by atoms with van der Waals surface area (Å²) in [5.74, 6) is -0.244. The maximum atomic E-state index is 12.4. The monoisotopic (exact) mass is 398 g/mol. The minimum absolute atomic E-state index is 0.244. The first-order chi connectivity index (χ1) is 11.8. The predicted molar refractivity (Wildman–Crippen MR) is 100.0 cm³/mol. The molecule has 3 rings (SSSR count). The first-order valence-electron chi connectivity index (χ1n) is 7.58. The molecule has 8 heteroatoms. The predicted octanol–water partition coefficient (Wildman–Crippen LogP) is 3.25. The largest absolute Gasteiger partial charge is 0.348 e. The summed E-state index contributed by atoms with van der Waals surface area (Å²) in [5, 5.41) is 3.84. The third-order valence-corrected chi connectivity index (χ3v) is 5.82. The van der Waals surface area contributed by atoms with Crippen molar-refractivity contribution < 1.29 is 13.2 Å². The second-order valence-electron chi connectivity index (χ2n) is 5.85. The molecule has 1 amide bonds. The molecule has 1 aliphatic rings. The van der Waals surface area contributed by atoms with E-state index in [-0.39, 0.29) is 12.5 Å². The van der Waals surface area contributed by atoms with Gasteiger partial charge >= 0.3 is 0 Å². The van der Waals surface area contributed by atoms with Gasteiger partial charge in [0.25, 0.3) is 5.91 Å². The van der Waals surface area contributed by atoms with Crippen molar-refractivity contribution in [3.8, 4) is 0 Å². The lowest BCUT2D eigenvalue weighted by Gasteiger charge is -2.16. The van der Waals surface area contributed by atoms with Gasteiger partial charge in [0.15, 0.2) is 0 Å². The van der Waals surface area contributed by atoms with E-state index in [1.807, 2.05) is 0 Å². The summed E-state index contributed by atoms with van der Waals surface area (Å²) in [5.41, 5.74) is 2.74. The van der Waals surface area contributed by atoms with Crippen LogP contribution in [0.1, 0.15) is 21.5 Å². The van der Waals surface area contributed by atoms with Gasteiger partial charge in [0.05, 0.1) is 11.9 Å². The number of halogens is 2. The summed E-state index contributed by atoms with van der Waals surface area (Å²) < 4.78 is 24.9. The van der Waals surface area contributed by atoms with Crippen LogP contribution in [0.5, 0.6) is 0 Å². The van der Waals surface area contributed by atoms with Crippen LogP contribution in [0, 0.1) is 0 Å². The van der Waals surface area contributed by atoms with E-state index in [0.717, 1.165) is 11.1 Å². The van der Waals surface area contributed by atoms with Crippen LogP contribution in [0.15, 0.2) is 36.4 Å². The number of sulfonamides is 1. The summed E-state index contributed by atoms with van der Waals surface area (Å²) in [7, 11) is -3.30. The van der Waals surface area contributed by atoms with Gasteiger partial charge in [-0.05, 0) is 47.9 Å².